The summed E-state index contributed by atoms with van der Waals surface area (Å²) < 4.78 is 14.0. The second kappa shape index (κ2) is 6.83. The Hall–Kier alpha value is -2.81. The predicted octanol–water partition coefficient (Wildman–Crippen LogP) is 1.05. The molecule has 0 aliphatic carbocycles. The van der Waals surface area contributed by atoms with Gasteiger partial charge in [-0.05, 0) is 18.9 Å². The lowest BCUT2D eigenvalue weighted by Gasteiger charge is -2.33. The van der Waals surface area contributed by atoms with Gasteiger partial charge in [0.15, 0.2) is 11.5 Å². The number of halogens is 1. The van der Waals surface area contributed by atoms with Crippen LogP contribution in [0.2, 0.25) is 0 Å². The van der Waals surface area contributed by atoms with E-state index in [-0.39, 0.29) is 5.69 Å². The van der Waals surface area contributed by atoms with Crippen molar-refractivity contribution in [2.75, 3.05) is 30.4 Å². The van der Waals surface area contributed by atoms with Crippen LogP contribution in [0.1, 0.15) is 23.3 Å². The van der Waals surface area contributed by atoms with Crippen molar-refractivity contribution >= 4 is 23.4 Å². The van der Waals surface area contributed by atoms with Crippen LogP contribution in [0, 0.1) is 5.82 Å². The second-order valence-corrected chi connectivity index (χ2v) is 6.54. The molecule has 2 atom stereocenters. The van der Waals surface area contributed by atoms with E-state index in [9.17, 15) is 9.18 Å². The van der Waals surface area contributed by atoms with Gasteiger partial charge in [-0.2, -0.15) is 4.98 Å². The fourth-order valence-corrected chi connectivity index (χ4v) is 3.49. The highest BCUT2D eigenvalue weighted by molar-refractivity contribution is 5.92. The molecule has 2 aromatic heterocycles. The van der Waals surface area contributed by atoms with Crippen molar-refractivity contribution in [3.8, 4) is 0 Å². The maximum atomic E-state index is 14.0. The van der Waals surface area contributed by atoms with Crippen molar-refractivity contribution in [2.24, 2.45) is 0 Å². The number of amides is 1. The molecule has 0 radical (unpaired) electrons. The average Bonchev–Trinajstić information content (AvgIpc) is 2.99. The number of nitrogens with zero attached hydrogens (tertiary/aromatic N) is 4. The van der Waals surface area contributed by atoms with E-state index in [2.05, 4.69) is 35.8 Å². The van der Waals surface area contributed by atoms with E-state index in [0.29, 0.717) is 23.7 Å². The summed E-state index contributed by atoms with van der Waals surface area (Å²) in [5, 5.41) is 8.88. The molecular formula is C17H20FN7O. The Labute approximate surface area is 150 Å². The van der Waals surface area contributed by atoms with Crippen LogP contribution in [0.25, 0.3) is 0 Å². The highest BCUT2D eigenvalue weighted by Gasteiger charge is 2.32. The number of rotatable bonds is 4. The number of pyridine rings is 1. The monoisotopic (exact) mass is 357 g/mol. The van der Waals surface area contributed by atoms with Crippen molar-refractivity contribution in [1.82, 2.24) is 25.6 Å². The minimum Gasteiger partial charge on any atom is -0.354 e. The van der Waals surface area contributed by atoms with Gasteiger partial charge in [0, 0.05) is 44.5 Å². The summed E-state index contributed by atoms with van der Waals surface area (Å²) in [6, 6.07) is 4.11. The summed E-state index contributed by atoms with van der Waals surface area (Å²) in [6.45, 7) is 1.84. The maximum Gasteiger partial charge on any atom is 0.272 e. The molecule has 0 aromatic carbocycles. The number of nitrogens with one attached hydrogen (secondary N) is 3. The first-order chi connectivity index (χ1) is 12.6. The van der Waals surface area contributed by atoms with E-state index in [4.69, 9.17) is 0 Å². The molecule has 4 rings (SSSR count). The van der Waals surface area contributed by atoms with E-state index in [1.54, 1.807) is 6.20 Å². The van der Waals surface area contributed by atoms with Crippen LogP contribution in [0.4, 0.5) is 21.8 Å². The Morgan fingerprint density at radius 1 is 1.31 bits per heavy atom. The van der Waals surface area contributed by atoms with Crippen molar-refractivity contribution < 1.29 is 9.18 Å². The Kier molecular flexibility index (Phi) is 4.37. The number of carbonyl (C=O) groups is 1. The minimum absolute atomic E-state index is 0.246. The normalized spacial score (nSPS) is 21.5. The number of hydrogen-bond acceptors (Lipinski definition) is 7. The van der Waals surface area contributed by atoms with Gasteiger partial charge in [0.1, 0.15) is 5.82 Å². The van der Waals surface area contributed by atoms with Gasteiger partial charge in [-0.25, -0.2) is 14.4 Å². The lowest BCUT2D eigenvalue weighted by Crippen LogP contribution is -2.51. The molecule has 1 amide bonds. The highest BCUT2D eigenvalue weighted by atomic mass is 19.1. The summed E-state index contributed by atoms with van der Waals surface area (Å²) in [5.41, 5.74) is 0.136. The van der Waals surface area contributed by atoms with Crippen LogP contribution in [0.15, 0.2) is 24.5 Å². The van der Waals surface area contributed by atoms with E-state index in [1.165, 1.54) is 32.2 Å². The number of carbonyl (C=O) groups excluding carboxylic acids is 1. The Bertz CT molecular complexity index is 819. The largest absolute Gasteiger partial charge is 0.354 e. The molecular weight excluding hydrogens is 337 g/mol. The second-order valence-electron chi connectivity index (χ2n) is 6.54. The molecule has 2 fully saturated rings. The molecule has 2 bridgehead atoms. The van der Waals surface area contributed by atoms with Gasteiger partial charge in [0.2, 0.25) is 5.95 Å². The van der Waals surface area contributed by atoms with E-state index < -0.39 is 11.7 Å². The van der Waals surface area contributed by atoms with Gasteiger partial charge in [0.05, 0.1) is 11.9 Å². The molecule has 136 valence electrons. The molecule has 3 N–H and O–H groups in total. The summed E-state index contributed by atoms with van der Waals surface area (Å²) in [5.74, 6) is -0.0663. The molecule has 2 aliphatic heterocycles. The third kappa shape index (κ3) is 3.30. The third-order valence-corrected chi connectivity index (χ3v) is 4.72. The van der Waals surface area contributed by atoms with Gasteiger partial charge in [-0.15, -0.1) is 0 Å². The first-order valence-corrected chi connectivity index (χ1v) is 8.61. The zero-order valence-electron chi connectivity index (χ0n) is 14.4. The predicted molar refractivity (Wildman–Crippen MR) is 95.1 cm³/mol. The molecule has 0 saturated carbocycles. The summed E-state index contributed by atoms with van der Waals surface area (Å²) in [7, 11) is 1.43. The molecule has 9 heteroatoms. The number of piperazine rings is 1. The summed E-state index contributed by atoms with van der Waals surface area (Å²) >= 11 is 0. The van der Waals surface area contributed by atoms with Crippen LogP contribution in [-0.4, -0.2) is 53.1 Å². The third-order valence-electron chi connectivity index (χ3n) is 4.72. The minimum atomic E-state index is -0.704. The van der Waals surface area contributed by atoms with Crippen molar-refractivity contribution in [3.05, 3.63) is 36.0 Å². The van der Waals surface area contributed by atoms with Crippen LogP contribution in [0.5, 0.6) is 0 Å². The standard InChI is InChI=1S/C17H20FN7O/c1-19-16(26)15-13(18)6-12(7-21-15)23-17-20-5-4-14(24-17)25-8-10-2-3-11(9-25)22-10/h4-7,10-11,22H,2-3,8-9H2,1H3,(H,19,26)(H,20,23,24)/t10-,11+. The highest BCUT2D eigenvalue weighted by Crippen LogP contribution is 2.25. The SMILES string of the molecule is CNC(=O)c1ncc(Nc2nccc(N3C[C@H]4CC[C@@H](C3)N4)n2)cc1F. The zero-order valence-corrected chi connectivity index (χ0v) is 14.4. The van der Waals surface area contributed by atoms with Crippen LogP contribution < -0.4 is 20.9 Å². The molecule has 2 aromatic rings. The molecule has 4 heterocycles. The Morgan fingerprint density at radius 3 is 2.77 bits per heavy atom. The van der Waals surface area contributed by atoms with Gasteiger partial charge >= 0.3 is 0 Å². The lowest BCUT2D eigenvalue weighted by atomic mass is 10.2. The first kappa shape index (κ1) is 16.6. The van der Waals surface area contributed by atoms with Gasteiger partial charge in [-0.3, -0.25) is 4.79 Å². The van der Waals surface area contributed by atoms with E-state index >= 15 is 0 Å². The van der Waals surface area contributed by atoms with Crippen molar-refractivity contribution in [1.29, 1.82) is 0 Å². The van der Waals surface area contributed by atoms with Crippen molar-refractivity contribution in [2.45, 2.75) is 24.9 Å². The van der Waals surface area contributed by atoms with Crippen LogP contribution in [0.3, 0.4) is 0 Å². The number of hydrogen-bond donors (Lipinski definition) is 3. The molecule has 0 unspecified atom stereocenters. The van der Waals surface area contributed by atoms with Crippen LogP contribution in [-0.2, 0) is 0 Å². The number of anilines is 3. The molecule has 0 spiro atoms. The molecule has 26 heavy (non-hydrogen) atoms. The summed E-state index contributed by atoms with van der Waals surface area (Å²) in [6.07, 6.45) is 5.45. The van der Waals surface area contributed by atoms with Crippen molar-refractivity contribution in [3.63, 3.8) is 0 Å². The number of aromatic nitrogens is 3. The quantitative estimate of drug-likeness (QED) is 0.753. The van der Waals surface area contributed by atoms with Crippen LogP contribution >= 0.6 is 0 Å². The maximum absolute atomic E-state index is 14.0. The van der Waals surface area contributed by atoms with Gasteiger partial charge in [-0.1, -0.05) is 0 Å². The smallest absolute Gasteiger partial charge is 0.272 e. The molecule has 8 nitrogen and oxygen atoms in total. The average molecular weight is 357 g/mol. The molecule has 2 aliphatic rings. The summed E-state index contributed by atoms with van der Waals surface area (Å²) in [4.78, 5) is 26.4. The van der Waals surface area contributed by atoms with Gasteiger partial charge < -0.3 is 20.9 Å². The van der Waals surface area contributed by atoms with Gasteiger partial charge in [0.25, 0.3) is 5.91 Å². The fraction of sp³-hybridized carbons (Fsp3) is 0.412. The fourth-order valence-electron chi connectivity index (χ4n) is 3.49. The zero-order chi connectivity index (χ0) is 18.1. The lowest BCUT2D eigenvalue weighted by molar-refractivity contribution is 0.0954. The van der Waals surface area contributed by atoms with E-state index in [0.717, 1.165) is 18.9 Å². The van der Waals surface area contributed by atoms with E-state index in [1.807, 2.05) is 6.07 Å². The topological polar surface area (TPSA) is 95.1 Å². The Balaban J connectivity index is 1.50. The number of fused-ring (bicyclic) bond motifs is 2. The first-order valence-electron chi connectivity index (χ1n) is 8.61. The molecule has 2 saturated heterocycles. The Morgan fingerprint density at radius 2 is 2.08 bits per heavy atom.